The van der Waals surface area contributed by atoms with Crippen LogP contribution in [0.2, 0.25) is 0 Å². The molecule has 3 rings (SSSR count). The molecule has 0 aliphatic heterocycles. The first-order chi connectivity index (χ1) is 12.2. The van der Waals surface area contributed by atoms with Crippen LogP contribution in [-0.2, 0) is 13.0 Å². The molecule has 1 N–H and O–H groups in total. The summed E-state index contributed by atoms with van der Waals surface area (Å²) in [5.74, 6) is 1.19. The molecule has 25 heavy (non-hydrogen) atoms. The van der Waals surface area contributed by atoms with Crippen LogP contribution in [0.3, 0.4) is 0 Å². The Morgan fingerprint density at radius 3 is 2.36 bits per heavy atom. The fourth-order valence-corrected chi connectivity index (χ4v) is 2.91. The van der Waals surface area contributed by atoms with Crippen molar-refractivity contribution in [2.75, 3.05) is 18.6 Å². The van der Waals surface area contributed by atoms with Crippen molar-refractivity contribution in [1.82, 2.24) is 0 Å². The molecule has 0 bridgehead atoms. The first kappa shape index (κ1) is 16.9. The molecule has 0 saturated carbocycles. The van der Waals surface area contributed by atoms with Gasteiger partial charge in [0.1, 0.15) is 11.5 Å². The van der Waals surface area contributed by atoms with Crippen LogP contribution in [0.5, 0.6) is 11.5 Å². The number of ether oxygens (including phenoxy) is 1. The Kier molecular flexibility index (Phi) is 5.57. The van der Waals surface area contributed by atoms with E-state index in [2.05, 4.69) is 41.3 Å². The Balaban J connectivity index is 1.76. The van der Waals surface area contributed by atoms with E-state index in [4.69, 9.17) is 4.74 Å². The van der Waals surface area contributed by atoms with Gasteiger partial charge < -0.3 is 14.7 Å². The zero-order valence-electron chi connectivity index (χ0n) is 14.4. The summed E-state index contributed by atoms with van der Waals surface area (Å²) in [6.45, 7) is 1.63. The molecule has 3 heteroatoms. The van der Waals surface area contributed by atoms with Gasteiger partial charge in [0.25, 0.3) is 0 Å². The zero-order chi connectivity index (χ0) is 17.5. The molecule has 0 radical (unpaired) electrons. The maximum absolute atomic E-state index is 9.73. The molecule has 3 aromatic carbocycles. The first-order valence-corrected chi connectivity index (χ1v) is 8.45. The lowest BCUT2D eigenvalue weighted by atomic mass is 10.1. The Labute approximate surface area is 149 Å². The average molecular weight is 333 g/mol. The lowest BCUT2D eigenvalue weighted by Crippen LogP contribution is -2.25. The summed E-state index contributed by atoms with van der Waals surface area (Å²) in [4.78, 5) is 2.33. The van der Waals surface area contributed by atoms with Gasteiger partial charge in [-0.3, -0.25) is 0 Å². The monoisotopic (exact) mass is 333 g/mol. The summed E-state index contributed by atoms with van der Waals surface area (Å²) in [5.41, 5.74) is 3.51. The van der Waals surface area contributed by atoms with E-state index < -0.39 is 0 Å². The molecule has 3 nitrogen and oxygen atoms in total. The number of anilines is 1. The average Bonchev–Trinajstić information content (AvgIpc) is 2.66. The normalized spacial score (nSPS) is 10.4. The third kappa shape index (κ3) is 4.77. The van der Waals surface area contributed by atoms with Gasteiger partial charge in [-0.05, 0) is 53.9 Å². The molecule has 0 fully saturated rings. The summed E-state index contributed by atoms with van der Waals surface area (Å²) in [7, 11) is 1.69. The van der Waals surface area contributed by atoms with Crippen molar-refractivity contribution >= 4 is 5.69 Å². The van der Waals surface area contributed by atoms with Gasteiger partial charge >= 0.3 is 0 Å². The standard InChI is InChI=1S/C22H23NO2/c1-25-22-12-6-7-18(16-22)13-14-23(20-9-3-2-4-10-20)17-19-8-5-11-21(24)15-19/h2-12,15-16,24H,13-14,17H2,1H3. The minimum Gasteiger partial charge on any atom is -0.508 e. The van der Waals surface area contributed by atoms with E-state index in [1.807, 2.05) is 36.4 Å². The smallest absolute Gasteiger partial charge is 0.119 e. The van der Waals surface area contributed by atoms with Crippen LogP contribution >= 0.6 is 0 Å². The second kappa shape index (κ2) is 8.25. The number of aromatic hydroxyl groups is 1. The van der Waals surface area contributed by atoms with Crippen LogP contribution in [0, 0.1) is 0 Å². The molecule has 3 aromatic rings. The molecule has 0 aliphatic carbocycles. The third-order valence-corrected chi connectivity index (χ3v) is 4.21. The maximum Gasteiger partial charge on any atom is 0.119 e. The van der Waals surface area contributed by atoms with Crippen LogP contribution in [0.15, 0.2) is 78.9 Å². The van der Waals surface area contributed by atoms with E-state index in [9.17, 15) is 5.11 Å². The molecule has 128 valence electrons. The van der Waals surface area contributed by atoms with E-state index in [-0.39, 0.29) is 0 Å². The number of methoxy groups -OCH3 is 1. The Morgan fingerprint density at radius 2 is 1.60 bits per heavy atom. The van der Waals surface area contributed by atoms with E-state index in [1.54, 1.807) is 13.2 Å². The summed E-state index contributed by atoms with van der Waals surface area (Å²) in [5, 5.41) is 9.73. The molecule has 0 heterocycles. The molecular formula is C22H23NO2. The predicted molar refractivity (Wildman–Crippen MR) is 102 cm³/mol. The van der Waals surface area contributed by atoms with Gasteiger partial charge in [0.2, 0.25) is 0 Å². The van der Waals surface area contributed by atoms with Crippen molar-refractivity contribution in [2.45, 2.75) is 13.0 Å². The summed E-state index contributed by atoms with van der Waals surface area (Å²) in [6.07, 6.45) is 0.922. The van der Waals surface area contributed by atoms with Crippen LogP contribution in [0.1, 0.15) is 11.1 Å². The molecule has 0 aromatic heterocycles. The van der Waals surface area contributed by atoms with Gasteiger partial charge in [-0.1, -0.05) is 42.5 Å². The van der Waals surface area contributed by atoms with E-state index >= 15 is 0 Å². The second-order valence-electron chi connectivity index (χ2n) is 6.03. The van der Waals surface area contributed by atoms with Gasteiger partial charge in [-0.15, -0.1) is 0 Å². The minimum atomic E-state index is 0.304. The fourth-order valence-electron chi connectivity index (χ4n) is 2.91. The van der Waals surface area contributed by atoms with Crippen molar-refractivity contribution in [3.63, 3.8) is 0 Å². The first-order valence-electron chi connectivity index (χ1n) is 8.45. The van der Waals surface area contributed by atoms with Gasteiger partial charge in [-0.2, -0.15) is 0 Å². The Hall–Kier alpha value is -2.94. The Morgan fingerprint density at radius 1 is 0.840 bits per heavy atom. The number of para-hydroxylation sites is 1. The molecule has 0 amide bonds. The number of nitrogens with zero attached hydrogens (tertiary/aromatic N) is 1. The quantitative estimate of drug-likeness (QED) is 0.683. The maximum atomic E-state index is 9.73. The summed E-state index contributed by atoms with van der Waals surface area (Å²) >= 11 is 0. The third-order valence-electron chi connectivity index (χ3n) is 4.21. The van der Waals surface area contributed by atoms with Crippen molar-refractivity contribution in [3.8, 4) is 11.5 Å². The number of benzene rings is 3. The van der Waals surface area contributed by atoms with Crippen LogP contribution in [0.25, 0.3) is 0 Å². The van der Waals surface area contributed by atoms with Crippen molar-refractivity contribution in [3.05, 3.63) is 90.0 Å². The number of rotatable bonds is 7. The van der Waals surface area contributed by atoms with Gasteiger partial charge in [0.15, 0.2) is 0 Å². The highest BCUT2D eigenvalue weighted by Crippen LogP contribution is 2.20. The van der Waals surface area contributed by atoms with Crippen molar-refractivity contribution in [2.24, 2.45) is 0 Å². The molecular weight excluding hydrogens is 310 g/mol. The molecule has 0 aliphatic rings. The summed E-state index contributed by atoms with van der Waals surface area (Å²) < 4.78 is 5.31. The SMILES string of the molecule is COc1cccc(CCN(Cc2cccc(O)c2)c2ccccc2)c1. The minimum absolute atomic E-state index is 0.304. The van der Waals surface area contributed by atoms with Crippen LogP contribution < -0.4 is 9.64 Å². The topological polar surface area (TPSA) is 32.7 Å². The fraction of sp³-hybridized carbons (Fsp3) is 0.182. The molecule has 0 spiro atoms. The predicted octanol–water partition coefficient (Wildman–Crippen LogP) is 4.65. The van der Waals surface area contributed by atoms with Crippen molar-refractivity contribution in [1.29, 1.82) is 0 Å². The molecule has 0 saturated heterocycles. The highest BCUT2D eigenvalue weighted by Gasteiger charge is 2.08. The highest BCUT2D eigenvalue weighted by atomic mass is 16.5. The summed E-state index contributed by atoms with van der Waals surface area (Å²) in [6, 6.07) is 26.0. The lowest BCUT2D eigenvalue weighted by molar-refractivity contribution is 0.414. The highest BCUT2D eigenvalue weighted by molar-refractivity contribution is 5.47. The number of hydrogen-bond donors (Lipinski definition) is 1. The van der Waals surface area contributed by atoms with Gasteiger partial charge in [-0.25, -0.2) is 0 Å². The van der Waals surface area contributed by atoms with E-state index in [0.29, 0.717) is 5.75 Å². The second-order valence-corrected chi connectivity index (χ2v) is 6.03. The largest absolute Gasteiger partial charge is 0.508 e. The van der Waals surface area contributed by atoms with Gasteiger partial charge in [0, 0.05) is 18.8 Å². The zero-order valence-corrected chi connectivity index (χ0v) is 14.4. The van der Waals surface area contributed by atoms with E-state index in [0.717, 1.165) is 30.8 Å². The van der Waals surface area contributed by atoms with Crippen molar-refractivity contribution < 1.29 is 9.84 Å². The Bertz CT molecular complexity index is 802. The van der Waals surface area contributed by atoms with E-state index in [1.165, 1.54) is 11.3 Å². The lowest BCUT2D eigenvalue weighted by Gasteiger charge is -2.25. The molecule has 0 unspecified atom stereocenters. The number of hydrogen-bond acceptors (Lipinski definition) is 3. The van der Waals surface area contributed by atoms with Gasteiger partial charge in [0.05, 0.1) is 7.11 Å². The van der Waals surface area contributed by atoms with Crippen LogP contribution in [0.4, 0.5) is 5.69 Å². The number of phenolic OH excluding ortho intramolecular Hbond substituents is 1. The van der Waals surface area contributed by atoms with Crippen LogP contribution in [-0.4, -0.2) is 18.8 Å². The molecule has 0 atom stereocenters. The number of phenols is 1.